The minimum Gasteiger partial charge on any atom is -0.508 e. The number of fused-ring (bicyclic) bond motifs is 1. The molecule has 1 saturated heterocycles. The standard InChI is InChI=1S/C18H19BO3/c1-6-12-10-14(20)11-13-8-7-9-15(16(12)13)19-21-17(2,3)18(4,5)22-19/h1,7-11,20H,2-5H3. The first-order chi connectivity index (χ1) is 10.2. The van der Waals surface area contributed by atoms with Gasteiger partial charge in [0.05, 0.1) is 11.2 Å². The van der Waals surface area contributed by atoms with E-state index in [1.165, 1.54) is 0 Å². The fraction of sp³-hybridized carbons (Fsp3) is 0.333. The molecule has 0 amide bonds. The van der Waals surface area contributed by atoms with Gasteiger partial charge in [-0.2, -0.15) is 0 Å². The number of benzene rings is 2. The summed E-state index contributed by atoms with van der Waals surface area (Å²) in [6, 6.07) is 9.09. The van der Waals surface area contributed by atoms with Crippen LogP contribution in [0.2, 0.25) is 0 Å². The van der Waals surface area contributed by atoms with Crippen molar-refractivity contribution < 1.29 is 14.4 Å². The van der Waals surface area contributed by atoms with Crippen molar-refractivity contribution in [3.8, 4) is 18.1 Å². The van der Waals surface area contributed by atoms with Crippen LogP contribution >= 0.6 is 0 Å². The lowest BCUT2D eigenvalue weighted by molar-refractivity contribution is 0.00578. The van der Waals surface area contributed by atoms with Crippen LogP contribution in [0, 0.1) is 12.3 Å². The molecule has 0 radical (unpaired) electrons. The molecular formula is C18H19BO3. The summed E-state index contributed by atoms with van der Waals surface area (Å²) in [4.78, 5) is 0. The van der Waals surface area contributed by atoms with Crippen LogP contribution in [0.4, 0.5) is 0 Å². The molecule has 1 heterocycles. The molecule has 0 aliphatic carbocycles. The first kappa shape index (κ1) is 15.0. The molecule has 0 bridgehead atoms. The Morgan fingerprint density at radius 1 is 1.09 bits per heavy atom. The molecule has 2 aromatic carbocycles. The number of phenols is 1. The summed E-state index contributed by atoms with van der Waals surface area (Å²) in [6.07, 6.45) is 5.62. The third kappa shape index (κ3) is 2.18. The van der Waals surface area contributed by atoms with Crippen LogP contribution in [-0.4, -0.2) is 23.4 Å². The van der Waals surface area contributed by atoms with Gasteiger partial charge in [-0.1, -0.05) is 24.1 Å². The van der Waals surface area contributed by atoms with Crippen molar-refractivity contribution in [2.45, 2.75) is 38.9 Å². The van der Waals surface area contributed by atoms with E-state index in [0.29, 0.717) is 5.56 Å². The van der Waals surface area contributed by atoms with Gasteiger partial charge in [-0.25, -0.2) is 0 Å². The smallest absolute Gasteiger partial charge is 0.495 e. The summed E-state index contributed by atoms with van der Waals surface area (Å²) in [5.74, 6) is 2.80. The maximum atomic E-state index is 9.81. The van der Waals surface area contributed by atoms with Crippen molar-refractivity contribution >= 4 is 23.4 Å². The highest BCUT2D eigenvalue weighted by Gasteiger charge is 2.52. The van der Waals surface area contributed by atoms with Gasteiger partial charge >= 0.3 is 7.12 Å². The second-order valence-corrected chi connectivity index (χ2v) is 6.67. The molecule has 1 aliphatic rings. The summed E-state index contributed by atoms with van der Waals surface area (Å²) in [5, 5.41) is 11.6. The molecule has 0 aromatic heterocycles. The maximum Gasteiger partial charge on any atom is 0.495 e. The quantitative estimate of drug-likeness (QED) is 0.649. The molecule has 0 unspecified atom stereocenters. The highest BCUT2D eigenvalue weighted by atomic mass is 16.7. The van der Waals surface area contributed by atoms with Gasteiger partial charge in [-0.15, -0.1) is 6.42 Å². The molecule has 0 atom stereocenters. The van der Waals surface area contributed by atoms with E-state index >= 15 is 0 Å². The second-order valence-electron chi connectivity index (χ2n) is 6.67. The van der Waals surface area contributed by atoms with Crippen LogP contribution in [0.3, 0.4) is 0 Å². The Morgan fingerprint density at radius 2 is 1.73 bits per heavy atom. The number of aromatic hydroxyl groups is 1. The molecule has 0 spiro atoms. The lowest BCUT2D eigenvalue weighted by atomic mass is 9.75. The number of hydrogen-bond acceptors (Lipinski definition) is 3. The van der Waals surface area contributed by atoms with E-state index in [2.05, 4.69) is 5.92 Å². The fourth-order valence-corrected chi connectivity index (χ4v) is 2.72. The molecule has 3 nitrogen and oxygen atoms in total. The summed E-state index contributed by atoms with van der Waals surface area (Å²) in [7, 11) is -0.481. The molecule has 4 heteroatoms. The Bertz CT molecular complexity index is 771. The molecule has 2 aromatic rings. The molecule has 1 fully saturated rings. The van der Waals surface area contributed by atoms with Gasteiger partial charge in [0.1, 0.15) is 5.75 Å². The monoisotopic (exact) mass is 294 g/mol. The lowest BCUT2D eigenvalue weighted by Gasteiger charge is -2.32. The first-order valence-electron chi connectivity index (χ1n) is 7.33. The Hall–Kier alpha value is -1.96. The second kappa shape index (κ2) is 4.77. The summed E-state index contributed by atoms with van der Waals surface area (Å²) in [5.41, 5.74) is 0.713. The van der Waals surface area contributed by atoms with E-state index in [9.17, 15) is 5.11 Å². The van der Waals surface area contributed by atoms with E-state index in [4.69, 9.17) is 15.7 Å². The number of rotatable bonds is 1. The fourth-order valence-electron chi connectivity index (χ4n) is 2.72. The Balaban J connectivity index is 2.20. The first-order valence-corrected chi connectivity index (χ1v) is 7.33. The van der Waals surface area contributed by atoms with Crippen molar-refractivity contribution in [3.63, 3.8) is 0 Å². The largest absolute Gasteiger partial charge is 0.508 e. The number of phenolic OH excluding ortho intramolecular Hbond substituents is 1. The molecule has 1 N–H and O–H groups in total. The van der Waals surface area contributed by atoms with Gasteiger partial charge in [0.25, 0.3) is 0 Å². The number of terminal acetylenes is 1. The summed E-state index contributed by atoms with van der Waals surface area (Å²) in [6.45, 7) is 8.08. The van der Waals surface area contributed by atoms with Crippen molar-refractivity contribution in [1.29, 1.82) is 0 Å². The Morgan fingerprint density at radius 3 is 2.32 bits per heavy atom. The van der Waals surface area contributed by atoms with Gasteiger partial charge < -0.3 is 14.4 Å². The van der Waals surface area contributed by atoms with Crippen molar-refractivity contribution in [1.82, 2.24) is 0 Å². The van der Waals surface area contributed by atoms with Crippen LogP contribution in [0.5, 0.6) is 5.75 Å². The van der Waals surface area contributed by atoms with E-state index in [1.54, 1.807) is 12.1 Å². The van der Waals surface area contributed by atoms with Crippen LogP contribution in [0.15, 0.2) is 30.3 Å². The number of hydrogen-bond donors (Lipinski definition) is 1. The summed E-state index contributed by atoms with van der Waals surface area (Å²) < 4.78 is 12.3. The predicted molar refractivity (Wildman–Crippen MR) is 89.3 cm³/mol. The van der Waals surface area contributed by atoms with E-state index in [0.717, 1.165) is 16.2 Å². The van der Waals surface area contributed by atoms with E-state index in [-0.39, 0.29) is 5.75 Å². The van der Waals surface area contributed by atoms with Crippen molar-refractivity contribution in [3.05, 3.63) is 35.9 Å². The van der Waals surface area contributed by atoms with Crippen LogP contribution in [-0.2, 0) is 9.31 Å². The Kier molecular flexibility index (Phi) is 3.25. The molecule has 0 saturated carbocycles. The zero-order valence-electron chi connectivity index (χ0n) is 13.3. The average Bonchev–Trinajstić information content (AvgIpc) is 2.65. The predicted octanol–water partition coefficient (Wildman–Crippen LogP) is 2.83. The van der Waals surface area contributed by atoms with Crippen LogP contribution in [0.1, 0.15) is 33.3 Å². The van der Waals surface area contributed by atoms with Gasteiger partial charge in [0.15, 0.2) is 0 Å². The van der Waals surface area contributed by atoms with E-state index < -0.39 is 18.3 Å². The minimum absolute atomic E-state index is 0.159. The van der Waals surface area contributed by atoms with Crippen molar-refractivity contribution in [2.75, 3.05) is 0 Å². The van der Waals surface area contributed by atoms with Gasteiger partial charge in [0, 0.05) is 5.56 Å². The molecular weight excluding hydrogens is 275 g/mol. The summed E-state index contributed by atoms with van der Waals surface area (Å²) >= 11 is 0. The third-order valence-corrected chi connectivity index (χ3v) is 4.66. The average molecular weight is 294 g/mol. The molecule has 112 valence electrons. The topological polar surface area (TPSA) is 38.7 Å². The van der Waals surface area contributed by atoms with Gasteiger partial charge in [0.2, 0.25) is 0 Å². The highest BCUT2D eigenvalue weighted by Crippen LogP contribution is 2.37. The molecule has 3 rings (SSSR count). The minimum atomic E-state index is -0.481. The van der Waals surface area contributed by atoms with E-state index in [1.807, 2.05) is 45.9 Å². The normalized spacial score (nSPS) is 19.3. The maximum absolute atomic E-state index is 9.81. The van der Waals surface area contributed by atoms with Gasteiger partial charge in [-0.05, 0) is 56.1 Å². The molecule has 22 heavy (non-hydrogen) atoms. The molecule has 1 aliphatic heterocycles. The van der Waals surface area contributed by atoms with Crippen molar-refractivity contribution in [2.24, 2.45) is 0 Å². The zero-order chi connectivity index (χ0) is 16.1. The SMILES string of the molecule is C#Cc1cc(O)cc2cccc(B3OC(C)(C)C(C)(C)O3)c12. The van der Waals surface area contributed by atoms with Gasteiger partial charge in [-0.3, -0.25) is 0 Å². The Labute approximate surface area is 131 Å². The highest BCUT2D eigenvalue weighted by molar-refractivity contribution is 6.65. The van der Waals surface area contributed by atoms with Crippen LogP contribution in [0.25, 0.3) is 10.8 Å². The lowest BCUT2D eigenvalue weighted by Crippen LogP contribution is -2.41. The zero-order valence-corrected chi connectivity index (χ0v) is 13.3. The van der Waals surface area contributed by atoms with Crippen LogP contribution < -0.4 is 5.46 Å². The third-order valence-electron chi connectivity index (χ3n) is 4.66.